The fourth-order valence-electron chi connectivity index (χ4n) is 2.42. The Morgan fingerprint density at radius 2 is 1.75 bits per heavy atom. The summed E-state index contributed by atoms with van der Waals surface area (Å²) in [6, 6.07) is 9.50. The van der Waals surface area contributed by atoms with E-state index in [0.717, 1.165) is 5.56 Å². The molecule has 1 aliphatic rings. The average molecular weight is 330 g/mol. The summed E-state index contributed by atoms with van der Waals surface area (Å²) in [7, 11) is 0. The third-order valence-corrected chi connectivity index (χ3v) is 3.74. The molecule has 1 aromatic heterocycles. The van der Waals surface area contributed by atoms with Gasteiger partial charge in [-0.25, -0.2) is 4.79 Å². The maximum atomic E-state index is 12.2. The number of aryl methyl sites for hydroxylation is 1. The number of benzene rings is 1. The van der Waals surface area contributed by atoms with Crippen LogP contribution in [0.4, 0.5) is 4.79 Å². The SMILES string of the molecule is Cc1nnc(C(=O)N2CCN(C(=O)OCc3ccccc3)CC2)o1. The lowest BCUT2D eigenvalue weighted by Crippen LogP contribution is -2.50. The van der Waals surface area contributed by atoms with E-state index in [1.807, 2.05) is 30.3 Å². The van der Waals surface area contributed by atoms with E-state index in [2.05, 4.69) is 10.2 Å². The van der Waals surface area contributed by atoms with Crippen molar-refractivity contribution in [2.45, 2.75) is 13.5 Å². The smallest absolute Gasteiger partial charge is 0.410 e. The standard InChI is InChI=1S/C16H18N4O4/c1-12-17-18-14(24-12)15(21)19-7-9-20(10-8-19)16(22)23-11-13-5-3-2-4-6-13/h2-6H,7-11H2,1H3. The quantitative estimate of drug-likeness (QED) is 0.847. The Hall–Kier alpha value is -2.90. The predicted octanol–water partition coefficient (Wildman–Crippen LogP) is 1.47. The number of hydrogen-bond donors (Lipinski definition) is 0. The van der Waals surface area contributed by atoms with Gasteiger partial charge in [0.05, 0.1) is 0 Å². The molecule has 0 atom stereocenters. The van der Waals surface area contributed by atoms with Gasteiger partial charge in [0, 0.05) is 33.1 Å². The van der Waals surface area contributed by atoms with Crippen molar-refractivity contribution in [3.63, 3.8) is 0 Å². The molecule has 24 heavy (non-hydrogen) atoms. The van der Waals surface area contributed by atoms with Crippen LogP contribution in [-0.4, -0.2) is 58.2 Å². The zero-order valence-corrected chi connectivity index (χ0v) is 13.3. The Balaban J connectivity index is 1.47. The Kier molecular flexibility index (Phi) is 4.74. The van der Waals surface area contributed by atoms with Gasteiger partial charge >= 0.3 is 17.9 Å². The van der Waals surface area contributed by atoms with Gasteiger partial charge in [-0.2, -0.15) is 0 Å². The van der Waals surface area contributed by atoms with Gasteiger partial charge in [-0.1, -0.05) is 30.3 Å². The summed E-state index contributed by atoms with van der Waals surface area (Å²) < 4.78 is 10.4. The summed E-state index contributed by atoms with van der Waals surface area (Å²) in [6.45, 7) is 3.49. The van der Waals surface area contributed by atoms with Crippen molar-refractivity contribution in [3.05, 3.63) is 47.7 Å². The van der Waals surface area contributed by atoms with E-state index in [0.29, 0.717) is 32.1 Å². The molecule has 8 heteroatoms. The fourth-order valence-corrected chi connectivity index (χ4v) is 2.42. The second-order valence-corrected chi connectivity index (χ2v) is 5.45. The van der Waals surface area contributed by atoms with Gasteiger partial charge in [-0.05, 0) is 5.56 Å². The molecule has 2 heterocycles. The van der Waals surface area contributed by atoms with Crippen molar-refractivity contribution in [1.29, 1.82) is 0 Å². The lowest BCUT2D eigenvalue weighted by Gasteiger charge is -2.33. The van der Waals surface area contributed by atoms with Crippen LogP contribution in [0.15, 0.2) is 34.7 Å². The van der Waals surface area contributed by atoms with Crippen molar-refractivity contribution >= 4 is 12.0 Å². The van der Waals surface area contributed by atoms with Crippen LogP contribution in [0.25, 0.3) is 0 Å². The Morgan fingerprint density at radius 3 is 2.38 bits per heavy atom. The van der Waals surface area contributed by atoms with Gasteiger partial charge in [-0.3, -0.25) is 4.79 Å². The first-order valence-corrected chi connectivity index (χ1v) is 7.68. The molecule has 0 saturated carbocycles. The van der Waals surface area contributed by atoms with Crippen molar-refractivity contribution in [3.8, 4) is 0 Å². The van der Waals surface area contributed by atoms with Crippen LogP contribution in [0.3, 0.4) is 0 Å². The molecule has 1 aliphatic heterocycles. The first-order chi connectivity index (χ1) is 11.6. The Morgan fingerprint density at radius 1 is 1.08 bits per heavy atom. The van der Waals surface area contributed by atoms with E-state index >= 15 is 0 Å². The highest BCUT2D eigenvalue weighted by Crippen LogP contribution is 2.10. The van der Waals surface area contributed by atoms with Crippen molar-refractivity contribution < 1.29 is 18.7 Å². The van der Waals surface area contributed by atoms with Gasteiger partial charge in [0.15, 0.2) is 0 Å². The number of aromatic nitrogens is 2. The number of ether oxygens (including phenoxy) is 1. The molecular formula is C16H18N4O4. The zero-order valence-electron chi connectivity index (χ0n) is 13.3. The molecule has 2 aromatic rings. The first-order valence-electron chi connectivity index (χ1n) is 7.68. The van der Waals surface area contributed by atoms with Crippen LogP contribution in [0.2, 0.25) is 0 Å². The second kappa shape index (κ2) is 7.12. The van der Waals surface area contributed by atoms with Crippen molar-refractivity contribution in [1.82, 2.24) is 20.0 Å². The molecule has 0 radical (unpaired) electrons. The molecule has 0 aliphatic carbocycles. The van der Waals surface area contributed by atoms with E-state index in [1.54, 1.807) is 16.7 Å². The van der Waals surface area contributed by atoms with Crippen LogP contribution in [0, 0.1) is 6.92 Å². The number of amides is 2. The summed E-state index contributed by atoms with van der Waals surface area (Å²) in [4.78, 5) is 27.5. The highest BCUT2D eigenvalue weighted by molar-refractivity contribution is 5.89. The van der Waals surface area contributed by atoms with Gasteiger partial charge in [0.1, 0.15) is 6.61 Å². The topological polar surface area (TPSA) is 88.8 Å². The molecule has 1 aromatic carbocycles. The van der Waals surface area contributed by atoms with E-state index in [4.69, 9.17) is 9.15 Å². The highest BCUT2D eigenvalue weighted by Gasteiger charge is 2.28. The lowest BCUT2D eigenvalue weighted by molar-refractivity contribution is 0.0515. The van der Waals surface area contributed by atoms with E-state index in [9.17, 15) is 9.59 Å². The largest absolute Gasteiger partial charge is 0.445 e. The molecule has 126 valence electrons. The summed E-state index contributed by atoms with van der Waals surface area (Å²) in [5, 5.41) is 7.38. The molecular weight excluding hydrogens is 312 g/mol. The van der Waals surface area contributed by atoms with Gasteiger partial charge in [0.25, 0.3) is 0 Å². The summed E-state index contributed by atoms with van der Waals surface area (Å²) in [5.74, 6) is 0.0157. The summed E-state index contributed by atoms with van der Waals surface area (Å²) >= 11 is 0. The van der Waals surface area contributed by atoms with Crippen LogP contribution >= 0.6 is 0 Å². The monoisotopic (exact) mass is 330 g/mol. The third kappa shape index (κ3) is 3.70. The summed E-state index contributed by atoms with van der Waals surface area (Å²) in [6.07, 6.45) is -0.375. The normalized spacial score (nSPS) is 14.5. The second-order valence-electron chi connectivity index (χ2n) is 5.45. The number of nitrogens with zero attached hydrogens (tertiary/aromatic N) is 4. The number of carbonyl (C=O) groups is 2. The molecule has 0 N–H and O–H groups in total. The first kappa shape index (κ1) is 16.0. The maximum Gasteiger partial charge on any atom is 0.410 e. The Labute approximate surface area is 139 Å². The maximum absolute atomic E-state index is 12.2. The van der Waals surface area contributed by atoms with Crippen LogP contribution in [-0.2, 0) is 11.3 Å². The number of carbonyl (C=O) groups excluding carboxylic acids is 2. The number of rotatable bonds is 3. The minimum atomic E-state index is -0.375. The van der Waals surface area contributed by atoms with E-state index in [-0.39, 0.29) is 24.5 Å². The lowest BCUT2D eigenvalue weighted by atomic mass is 10.2. The van der Waals surface area contributed by atoms with Crippen LogP contribution in [0.5, 0.6) is 0 Å². The molecule has 8 nitrogen and oxygen atoms in total. The van der Waals surface area contributed by atoms with Crippen molar-refractivity contribution in [2.75, 3.05) is 26.2 Å². The highest BCUT2D eigenvalue weighted by atomic mass is 16.6. The zero-order chi connectivity index (χ0) is 16.9. The van der Waals surface area contributed by atoms with Gasteiger partial charge in [0.2, 0.25) is 5.89 Å². The van der Waals surface area contributed by atoms with E-state index in [1.165, 1.54) is 0 Å². The predicted molar refractivity (Wildman–Crippen MR) is 83.1 cm³/mol. The minimum absolute atomic E-state index is 0.0207. The molecule has 0 spiro atoms. The number of hydrogen-bond acceptors (Lipinski definition) is 6. The molecule has 3 rings (SSSR count). The van der Waals surface area contributed by atoms with Crippen LogP contribution in [0.1, 0.15) is 22.1 Å². The molecule has 1 saturated heterocycles. The minimum Gasteiger partial charge on any atom is -0.445 e. The average Bonchev–Trinajstić information content (AvgIpc) is 3.06. The van der Waals surface area contributed by atoms with Crippen LogP contribution < -0.4 is 0 Å². The van der Waals surface area contributed by atoms with E-state index < -0.39 is 0 Å². The molecule has 0 bridgehead atoms. The number of piperazine rings is 1. The van der Waals surface area contributed by atoms with Gasteiger partial charge in [-0.15, -0.1) is 10.2 Å². The molecule has 0 unspecified atom stereocenters. The molecule has 2 amide bonds. The van der Waals surface area contributed by atoms with Crippen molar-refractivity contribution in [2.24, 2.45) is 0 Å². The Bertz CT molecular complexity index is 708. The van der Waals surface area contributed by atoms with Gasteiger partial charge < -0.3 is 19.0 Å². The fraction of sp³-hybridized carbons (Fsp3) is 0.375. The summed E-state index contributed by atoms with van der Waals surface area (Å²) in [5.41, 5.74) is 0.937. The molecule has 1 fully saturated rings. The third-order valence-electron chi connectivity index (χ3n) is 3.74.